The van der Waals surface area contributed by atoms with E-state index in [0.29, 0.717) is 15.9 Å². The molecule has 0 bridgehead atoms. The Balaban J connectivity index is 2.50. The summed E-state index contributed by atoms with van der Waals surface area (Å²) in [5.41, 5.74) is -0.604. The van der Waals surface area contributed by atoms with E-state index in [4.69, 9.17) is 11.6 Å². The largest absolute Gasteiger partial charge is 0.417 e. The smallest absolute Gasteiger partial charge is 0.350 e. The number of amides is 2. The fourth-order valence-electron chi connectivity index (χ4n) is 3.56. The molecule has 2 amide bonds. The van der Waals surface area contributed by atoms with Crippen LogP contribution in [0.4, 0.5) is 18.9 Å². The summed E-state index contributed by atoms with van der Waals surface area (Å²) in [6, 6.07) is 8.79. The number of rotatable bonds is 8. The maximum atomic E-state index is 13.5. The van der Waals surface area contributed by atoms with Crippen LogP contribution >= 0.6 is 11.6 Å². The molecule has 7 nitrogen and oxygen atoms in total. The SMILES string of the molecule is Cc1cccc(CN(C(=O)CN(c2ccc(Cl)c(C(F)(F)F)c2)S(C)(=O)=O)[C@@H](C)C(=O)NC(C)(C)C)c1. The summed E-state index contributed by atoms with van der Waals surface area (Å²) in [6.45, 7) is 7.83. The van der Waals surface area contributed by atoms with Crippen molar-refractivity contribution in [3.63, 3.8) is 0 Å². The Bertz CT molecular complexity index is 1260. The molecule has 0 fully saturated rings. The van der Waals surface area contributed by atoms with Crippen LogP contribution in [-0.4, -0.2) is 49.5 Å². The van der Waals surface area contributed by atoms with Crippen molar-refractivity contribution in [3.05, 3.63) is 64.2 Å². The number of carbonyl (C=O) groups excluding carboxylic acids is 2. The highest BCUT2D eigenvalue weighted by Crippen LogP contribution is 2.37. The molecule has 2 rings (SSSR count). The number of nitrogens with zero attached hydrogens (tertiary/aromatic N) is 2. The Morgan fingerprint density at radius 1 is 1.08 bits per heavy atom. The Morgan fingerprint density at radius 3 is 2.22 bits per heavy atom. The summed E-state index contributed by atoms with van der Waals surface area (Å²) >= 11 is 5.68. The molecule has 0 aliphatic rings. The summed E-state index contributed by atoms with van der Waals surface area (Å²) in [6.07, 6.45) is -4.06. The predicted octanol–water partition coefficient (Wildman–Crippen LogP) is 4.77. The van der Waals surface area contributed by atoms with E-state index in [0.717, 1.165) is 24.0 Å². The van der Waals surface area contributed by atoms with Gasteiger partial charge in [0.2, 0.25) is 21.8 Å². The molecule has 0 aromatic heterocycles. The molecule has 204 valence electrons. The quantitative estimate of drug-likeness (QED) is 0.503. The van der Waals surface area contributed by atoms with Crippen LogP contribution in [0.25, 0.3) is 0 Å². The molecule has 0 saturated carbocycles. The van der Waals surface area contributed by atoms with Crippen molar-refractivity contribution in [2.24, 2.45) is 0 Å². The van der Waals surface area contributed by atoms with Gasteiger partial charge in [-0.05, 0) is 58.4 Å². The van der Waals surface area contributed by atoms with E-state index in [2.05, 4.69) is 5.32 Å². The van der Waals surface area contributed by atoms with Crippen molar-refractivity contribution in [1.82, 2.24) is 10.2 Å². The van der Waals surface area contributed by atoms with Crippen LogP contribution in [0.15, 0.2) is 42.5 Å². The number of benzene rings is 2. The number of halogens is 4. The zero-order chi connectivity index (χ0) is 28.3. The second-order valence-electron chi connectivity index (χ2n) is 9.86. The van der Waals surface area contributed by atoms with Crippen molar-refractivity contribution >= 4 is 39.1 Å². The highest BCUT2D eigenvalue weighted by molar-refractivity contribution is 7.92. The molecule has 0 aliphatic heterocycles. The summed E-state index contributed by atoms with van der Waals surface area (Å²) in [5.74, 6) is -1.24. The minimum atomic E-state index is -4.84. The molecule has 12 heteroatoms. The van der Waals surface area contributed by atoms with Gasteiger partial charge in [-0.2, -0.15) is 13.2 Å². The third kappa shape index (κ3) is 8.63. The normalized spacial score (nSPS) is 13.1. The van der Waals surface area contributed by atoms with Crippen LogP contribution in [-0.2, 0) is 32.3 Å². The number of sulfonamides is 1. The van der Waals surface area contributed by atoms with Gasteiger partial charge in [0.1, 0.15) is 12.6 Å². The maximum absolute atomic E-state index is 13.5. The first-order chi connectivity index (χ1) is 16.8. The number of carbonyl (C=O) groups is 2. The van der Waals surface area contributed by atoms with Crippen LogP contribution in [0.3, 0.4) is 0 Å². The monoisotopic (exact) mass is 561 g/mol. The molecule has 1 N–H and O–H groups in total. The Morgan fingerprint density at radius 2 is 1.70 bits per heavy atom. The zero-order valence-electron chi connectivity index (χ0n) is 21.5. The summed E-state index contributed by atoms with van der Waals surface area (Å²) in [7, 11) is -4.20. The summed E-state index contributed by atoms with van der Waals surface area (Å²) in [5, 5.41) is 2.19. The van der Waals surface area contributed by atoms with Crippen LogP contribution in [0.1, 0.15) is 44.4 Å². The molecule has 0 heterocycles. The van der Waals surface area contributed by atoms with Gasteiger partial charge in [-0.1, -0.05) is 41.4 Å². The first-order valence-electron chi connectivity index (χ1n) is 11.3. The highest BCUT2D eigenvalue weighted by Gasteiger charge is 2.36. The topological polar surface area (TPSA) is 86.8 Å². The Kier molecular flexibility index (Phi) is 9.30. The number of hydrogen-bond acceptors (Lipinski definition) is 4. The van der Waals surface area contributed by atoms with Crippen molar-refractivity contribution < 1.29 is 31.2 Å². The number of alkyl halides is 3. The molecule has 0 radical (unpaired) electrons. The van der Waals surface area contributed by atoms with E-state index in [1.165, 1.54) is 11.8 Å². The lowest BCUT2D eigenvalue weighted by molar-refractivity contribution is -0.140. The Hall–Kier alpha value is -2.79. The molecule has 2 aromatic carbocycles. The summed E-state index contributed by atoms with van der Waals surface area (Å²) < 4.78 is 66.0. The first kappa shape index (κ1) is 30.4. The number of aryl methyl sites for hydroxylation is 1. The van der Waals surface area contributed by atoms with E-state index in [9.17, 15) is 31.2 Å². The molecule has 1 atom stereocenters. The molecule has 0 saturated heterocycles. The van der Waals surface area contributed by atoms with Gasteiger partial charge >= 0.3 is 6.18 Å². The van der Waals surface area contributed by atoms with Crippen LogP contribution < -0.4 is 9.62 Å². The van der Waals surface area contributed by atoms with E-state index < -0.39 is 56.7 Å². The second-order valence-corrected chi connectivity index (χ2v) is 12.2. The van der Waals surface area contributed by atoms with Gasteiger partial charge in [-0.3, -0.25) is 13.9 Å². The third-order valence-electron chi connectivity index (χ3n) is 5.32. The van der Waals surface area contributed by atoms with E-state index in [1.54, 1.807) is 32.9 Å². The lowest BCUT2D eigenvalue weighted by Crippen LogP contribution is -2.54. The van der Waals surface area contributed by atoms with E-state index in [-0.39, 0.29) is 12.2 Å². The first-order valence-corrected chi connectivity index (χ1v) is 13.5. The number of anilines is 1. The molecule has 0 unspecified atom stereocenters. The fraction of sp³-hybridized carbons (Fsp3) is 0.440. The second kappa shape index (κ2) is 11.3. The predicted molar refractivity (Wildman–Crippen MR) is 138 cm³/mol. The molecular formula is C25H31ClF3N3O4S. The molecule has 37 heavy (non-hydrogen) atoms. The van der Waals surface area contributed by atoms with Gasteiger partial charge in [0.05, 0.1) is 22.5 Å². The molecule has 0 spiro atoms. The minimum Gasteiger partial charge on any atom is -0.350 e. The maximum Gasteiger partial charge on any atom is 0.417 e. The zero-order valence-corrected chi connectivity index (χ0v) is 23.1. The molecule has 2 aromatic rings. The minimum absolute atomic E-state index is 0.0226. The van der Waals surface area contributed by atoms with Gasteiger partial charge in [0.25, 0.3) is 0 Å². The van der Waals surface area contributed by atoms with Crippen molar-refractivity contribution in [2.75, 3.05) is 17.1 Å². The lowest BCUT2D eigenvalue weighted by atomic mass is 10.1. The average Bonchev–Trinajstić information content (AvgIpc) is 2.73. The van der Waals surface area contributed by atoms with Crippen LogP contribution in [0, 0.1) is 6.92 Å². The third-order valence-corrected chi connectivity index (χ3v) is 6.79. The van der Waals surface area contributed by atoms with Crippen LogP contribution in [0.2, 0.25) is 5.02 Å². The van der Waals surface area contributed by atoms with Crippen molar-refractivity contribution in [2.45, 2.75) is 58.9 Å². The van der Waals surface area contributed by atoms with Gasteiger partial charge < -0.3 is 10.2 Å². The Labute approximate surface area is 220 Å². The van der Waals surface area contributed by atoms with Crippen molar-refractivity contribution in [1.29, 1.82) is 0 Å². The highest BCUT2D eigenvalue weighted by atomic mass is 35.5. The van der Waals surface area contributed by atoms with Crippen LogP contribution in [0.5, 0.6) is 0 Å². The molecule has 0 aliphatic carbocycles. The number of nitrogens with one attached hydrogen (secondary N) is 1. The van der Waals surface area contributed by atoms with Gasteiger partial charge in [0, 0.05) is 12.1 Å². The summed E-state index contributed by atoms with van der Waals surface area (Å²) in [4.78, 5) is 27.6. The van der Waals surface area contributed by atoms with Crippen molar-refractivity contribution in [3.8, 4) is 0 Å². The van der Waals surface area contributed by atoms with Gasteiger partial charge in [-0.25, -0.2) is 8.42 Å². The lowest BCUT2D eigenvalue weighted by Gasteiger charge is -2.33. The van der Waals surface area contributed by atoms with Gasteiger partial charge in [0.15, 0.2) is 0 Å². The van der Waals surface area contributed by atoms with Gasteiger partial charge in [-0.15, -0.1) is 0 Å². The number of hydrogen-bond donors (Lipinski definition) is 1. The molecular weight excluding hydrogens is 531 g/mol. The van der Waals surface area contributed by atoms with E-state index >= 15 is 0 Å². The fourth-order valence-corrected chi connectivity index (χ4v) is 4.63. The average molecular weight is 562 g/mol. The standard InChI is InChI=1S/C25H31ClF3N3O4S/c1-16-8-7-9-18(12-16)14-31(17(2)23(34)30-24(3,4)5)22(33)15-32(37(6,35)36)19-10-11-21(26)20(13-19)25(27,28)29/h7-13,17H,14-15H2,1-6H3,(H,30,34)/t17-/m0/s1. The van der Waals surface area contributed by atoms with E-state index in [1.807, 2.05) is 19.1 Å².